The molecule has 0 aliphatic heterocycles. The van der Waals surface area contributed by atoms with Gasteiger partial charge in [-0.15, -0.1) is 11.8 Å². The Morgan fingerprint density at radius 2 is 1.21 bits per heavy atom. The maximum atomic E-state index is 15.1. The average molecular weight is 595 g/mol. The minimum atomic E-state index is -0.661. The molecular weight excluding hydrogens is 564 g/mol. The van der Waals surface area contributed by atoms with Crippen LogP contribution in [0.4, 0.5) is 17.6 Å². The lowest BCUT2D eigenvalue weighted by molar-refractivity contribution is 0.615. The van der Waals surface area contributed by atoms with Crippen molar-refractivity contribution in [2.45, 2.75) is 38.5 Å². The van der Waals surface area contributed by atoms with E-state index < -0.39 is 17.5 Å². The third kappa shape index (κ3) is 7.04. The number of thioether (sulfide) groups is 1. The van der Waals surface area contributed by atoms with Crippen LogP contribution in [0.5, 0.6) is 0 Å². The molecule has 43 heavy (non-hydrogen) atoms. The lowest BCUT2D eigenvalue weighted by Gasteiger charge is -2.09. The van der Waals surface area contributed by atoms with Gasteiger partial charge in [-0.1, -0.05) is 67.6 Å². The van der Waals surface area contributed by atoms with E-state index in [9.17, 15) is 4.39 Å². The fourth-order valence-corrected chi connectivity index (χ4v) is 5.81. The zero-order chi connectivity index (χ0) is 30.5. The van der Waals surface area contributed by atoms with Crippen LogP contribution in [0, 0.1) is 49.0 Å². The zero-order valence-electron chi connectivity index (χ0n) is 24.2. The van der Waals surface area contributed by atoms with Crippen LogP contribution >= 0.6 is 11.8 Å². The van der Waals surface area contributed by atoms with Gasteiger partial charge in [0.15, 0.2) is 0 Å². The Morgan fingerprint density at radius 1 is 0.581 bits per heavy atom. The fourth-order valence-electron chi connectivity index (χ4n) is 4.81. The second kappa shape index (κ2) is 13.4. The monoisotopic (exact) mass is 594 g/mol. The summed E-state index contributed by atoms with van der Waals surface area (Å²) in [7, 11) is 0. The molecule has 0 atom stereocenters. The molecule has 0 amide bonds. The van der Waals surface area contributed by atoms with Gasteiger partial charge in [0.2, 0.25) is 0 Å². The van der Waals surface area contributed by atoms with Crippen molar-refractivity contribution in [3.63, 3.8) is 0 Å². The van der Waals surface area contributed by atoms with Crippen molar-refractivity contribution in [1.29, 1.82) is 0 Å². The SMILES string of the molecule is CCCCSc1ccc(-c2cc(C)c(C#Cc3ccc(-c4ccc(-c5ccc(C)cc5F)cc4F)c(F)c3)cc2F)cc1. The van der Waals surface area contributed by atoms with E-state index in [4.69, 9.17) is 0 Å². The summed E-state index contributed by atoms with van der Waals surface area (Å²) in [6, 6.07) is 24.3. The van der Waals surface area contributed by atoms with Crippen LogP contribution in [0.3, 0.4) is 0 Å². The van der Waals surface area contributed by atoms with Gasteiger partial charge in [-0.25, -0.2) is 17.6 Å². The number of hydrogen-bond acceptors (Lipinski definition) is 1. The highest BCUT2D eigenvalue weighted by Crippen LogP contribution is 2.32. The van der Waals surface area contributed by atoms with Crippen molar-refractivity contribution in [3.8, 4) is 45.2 Å². The largest absolute Gasteiger partial charge is 0.206 e. The molecule has 0 saturated heterocycles. The lowest BCUT2D eigenvalue weighted by atomic mass is 9.97. The Bertz CT molecular complexity index is 1850. The highest BCUT2D eigenvalue weighted by Gasteiger charge is 2.14. The molecule has 0 nitrogen and oxygen atoms in total. The molecule has 0 N–H and O–H groups in total. The Balaban J connectivity index is 1.35. The zero-order valence-corrected chi connectivity index (χ0v) is 25.0. The maximum Gasteiger partial charge on any atom is 0.132 e. The van der Waals surface area contributed by atoms with E-state index in [1.807, 2.05) is 31.2 Å². The summed E-state index contributed by atoms with van der Waals surface area (Å²) in [6.07, 6.45) is 2.31. The van der Waals surface area contributed by atoms with Crippen LogP contribution in [0.2, 0.25) is 0 Å². The third-order valence-corrected chi connectivity index (χ3v) is 8.35. The van der Waals surface area contributed by atoms with Crippen molar-refractivity contribution < 1.29 is 17.6 Å². The molecule has 0 aliphatic rings. The second-order valence-electron chi connectivity index (χ2n) is 10.5. The number of aryl methyl sites for hydroxylation is 2. The van der Waals surface area contributed by atoms with Crippen LogP contribution in [-0.4, -0.2) is 5.75 Å². The molecule has 0 radical (unpaired) electrons. The highest BCUT2D eigenvalue weighted by molar-refractivity contribution is 7.99. The number of benzene rings is 5. The Kier molecular flexibility index (Phi) is 9.38. The maximum absolute atomic E-state index is 15.1. The first-order valence-corrected chi connectivity index (χ1v) is 15.1. The van der Waals surface area contributed by atoms with Crippen molar-refractivity contribution in [1.82, 2.24) is 0 Å². The van der Waals surface area contributed by atoms with E-state index in [1.165, 1.54) is 36.4 Å². The molecule has 0 aromatic heterocycles. The van der Waals surface area contributed by atoms with Gasteiger partial charge in [-0.2, -0.15) is 0 Å². The molecule has 5 rings (SSSR count). The van der Waals surface area contributed by atoms with Crippen LogP contribution in [0.15, 0.2) is 95.9 Å². The van der Waals surface area contributed by atoms with Gasteiger partial charge in [-0.3, -0.25) is 0 Å². The summed E-state index contributed by atoms with van der Waals surface area (Å²) < 4.78 is 59.7. The van der Waals surface area contributed by atoms with E-state index in [1.54, 1.807) is 49.0 Å². The van der Waals surface area contributed by atoms with Crippen LogP contribution in [-0.2, 0) is 0 Å². The van der Waals surface area contributed by atoms with Crippen molar-refractivity contribution in [2.24, 2.45) is 0 Å². The predicted molar refractivity (Wildman–Crippen MR) is 170 cm³/mol. The van der Waals surface area contributed by atoms with E-state index in [0.29, 0.717) is 22.3 Å². The molecule has 0 unspecified atom stereocenters. The summed E-state index contributed by atoms with van der Waals surface area (Å²) in [5.74, 6) is 4.78. The lowest BCUT2D eigenvalue weighted by Crippen LogP contribution is -1.93. The number of hydrogen-bond donors (Lipinski definition) is 0. The molecule has 5 aromatic rings. The standard InChI is InChI=1S/C38H30F4S/c1-4-5-18-43-30-13-10-27(11-14-30)34-20-25(3)28(22-38(34)42)9-7-26-8-16-32(36(40)21-26)33-17-12-29(23-37(33)41)31-15-6-24(2)19-35(31)39/h6,8,10-17,19-23H,4-5,18H2,1-3H3. The summed E-state index contributed by atoms with van der Waals surface area (Å²) >= 11 is 1.80. The first-order chi connectivity index (χ1) is 20.7. The number of unbranched alkanes of at least 4 members (excludes halogenated alkanes) is 1. The van der Waals surface area contributed by atoms with Crippen molar-refractivity contribution in [2.75, 3.05) is 5.75 Å². The topological polar surface area (TPSA) is 0 Å². The normalized spacial score (nSPS) is 10.9. The first kappa shape index (κ1) is 30.2. The van der Waals surface area contributed by atoms with Gasteiger partial charge in [-0.05, 0) is 96.8 Å². The smallest absolute Gasteiger partial charge is 0.132 e. The molecule has 5 aromatic carbocycles. The molecule has 0 aliphatic carbocycles. The second-order valence-corrected chi connectivity index (χ2v) is 11.7. The van der Waals surface area contributed by atoms with E-state index in [-0.39, 0.29) is 22.5 Å². The quantitative estimate of drug-likeness (QED) is 0.0782. The molecule has 0 saturated carbocycles. The fraction of sp³-hybridized carbons (Fsp3) is 0.158. The summed E-state index contributed by atoms with van der Waals surface area (Å²) in [6.45, 7) is 5.80. The Labute approximate surface area is 254 Å². The van der Waals surface area contributed by atoms with Crippen molar-refractivity contribution >= 4 is 11.8 Å². The van der Waals surface area contributed by atoms with Gasteiger partial charge in [0.1, 0.15) is 23.3 Å². The summed E-state index contributed by atoms with van der Waals surface area (Å²) in [5, 5.41) is 0. The van der Waals surface area contributed by atoms with Gasteiger partial charge in [0, 0.05) is 38.3 Å². The van der Waals surface area contributed by atoms with Gasteiger partial charge in [0.05, 0.1) is 0 Å². The van der Waals surface area contributed by atoms with Gasteiger partial charge in [0.25, 0.3) is 0 Å². The summed E-state index contributed by atoms with van der Waals surface area (Å²) in [4.78, 5) is 1.16. The van der Waals surface area contributed by atoms with Crippen LogP contribution in [0.25, 0.3) is 33.4 Å². The minimum Gasteiger partial charge on any atom is -0.206 e. The molecule has 0 heterocycles. The van der Waals surface area contributed by atoms with Crippen LogP contribution in [0.1, 0.15) is 42.0 Å². The Morgan fingerprint density at radius 3 is 1.88 bits per heavy atom. The van der Waals surface area contributed by atoms with Crippen molar-refractivity contribution in [3.05, 3.63) is 137 Å². The van der Waals surface area contributed by atoms with E-state index in [2.05, 4.69) is 18.8 Å². The van der Waals surface area contributed by atoms with Gasteiger partial charge < -0.3 is 0 Å². The number of rotatable bonds is 7. The Hall–Kier alpha value is -4.27. The third-order valence-electron chi connectivity index (χ3n) is 7.25. The molecule has 216 valence electrons. The molecule has 5 heteroatoms. The number of halogens is 4. The van der Waals surface area contributed by atoms with Crippen LogP contribution < -0.4 is 0 Å². The first-order valence-electron chi connectivity index (χ1n) is 14.1. The highest BCUT2D eigenvalue weighted by atomic mass is 32.2. The predicted octanol–water partition coefficient (Wildman–Crippen LogP) is 11.2. The minimum absolute atomic E-state index is 0.0642. The molecule has 0 bridgehead atoms. The average Bonchev–Trinajstić information content (AvgIpc) is 2.98. The molecule has 0 fully saturated rings. The van der Waals surface area contributed by atoms with Gasteiger partial charge >= 0.3 is 0 Å². The van der Waals surface area contributed by atoms with E-state index in [0.717, 1.165) is 40.2 Å². The molecule has 0 spiro atoms. The summed E-state index contributed by atoms with van der Waals surface area (Å²) in [5.41, 5.74) is 4.51. The van der Waals surface area contributed by atoms with E-state index >= 15 is 13.2 Å². The molecular formula is C38H30F4S.